The zero-order valence-electron chi connectivity index (χ0n) is 17.2. The van der Waals surface area contributed by atoms with Crippen molar-refractivity contribution >= 4 is 23.9 Å². The molecule has 7 heteroatoms. The van der Waals surface area contributed by atoms with Crippen LogP contribution in [0.15, 0.2) is 0 Å². The van der Waals surface area contributed by atoms with Crippen molar-refractivity contribution in [3.05, 3.63) is 0 Å². The molecule has 0 spiro atoms. The highest BCUT2D eigenvalue weighted by molar-refractivity contribution is 5.94. The average Bonchev–Trinajstić information content (AvgIpc) is 2.63. The Kier molecular flexibility index (Phi) is 12.5. The molecule has 0 saturated carbocycles. The lowest BCUT2D eigenvalue weighted by atomic mass is 9.86. The van der Waals surface area contributed by atoms with E-state index in [0.717, 1.165) is 0 Å². The summed E-state index contributed by atoms with van der Waals surface area (Å²) in [6.45, 7) is 7.33. The summed E-state index contributed by atoms with van der Waals surface area (Å²) in [6, 6.07) is 0. The van der Waals surface area contributed by atoms with E-state index in [1.54, 1.807) is 6.92 Å². The SMILES string of the molecule is CCC(OC)C(CCC(=O)CCC(C)CC(C)C(=O)C(C)C=O)OC(N)=O. The van der Waals surface area contributed by atoms with E-state index in [0.29, 0.717) is 38.4 Å². The molecule has 0 aliphatic rings. The maximum Gasteiger partial charge on any atom is 0.404 e. The number of primary amides is 1. The maximum atomic E-state index is 12.2. The highest BCUT2D eigenvalue weighted by atomic mass is 16.6. The highest BCUT2D eigenvalue weighted by Crippen LogP contribution is 2.21. The number of ketones is 2. The van der Waals surface area contributed by atoms with E-state index >= 15 is 0 Å². The van der Waals surface area contributed by atoms with Crippen LogP contribution in [0, 0.1) is 17.8 Å². The minimum Gasteiger partial charge on any atom is -0.444 e. The van der Waals surface area contributed by atoms with Gasteiger partial charge < -0.3 is 20.0 Å². The first-order valence-corrected chi connectivity index (χ1v) is 9.65. The van der Waals surface area contributed by atoms with Crippen molar-refractivity contribution in [2.24, 2.45) is 23.5 Å². The minimum atomic E-state index is -0.875. The number of rotatable bonds is 15. The van der Waals surface area contributed by atoms with Gasteiger partial charge in [0.1, 0.15) is 24.0 Å². The molecule has 5 unspecified atom stereocenters. The van der Waals surface area contributed by atoms with E-state index < -0.39 is 18.1 Å². The zero-order chi connectivity index (χ0) is 21.0. The van der Waals surface area contributed by atoms with Gasteiger partial charge in [-0.2, -0.15) is 0 Å². The molecular formula is C20H35NO6. The second-order valence-corrected chi connectivity index (χ2v) is 7.34. The maximum absolute atomic E-state index is 12.2. The fourth-order valence-electron chi connectivity index (χ4n) is 3.24. The van der Waals surface area contributed by atoms with Crippen LogP contribution in [0.5, 0.6) is 0 Å². The Labute approximate surface area is 162 Å². The lowest BCUT2D eigenvalue weighted by Crippen LogP contribution is -2.34. The van der Waals surface area contributed by atoms with Crippen LogP contribution in [0.2, 0.25) is 0 Å². The molecule has 7 nitrogen and oxygen atoms in total. The highest BCUT2D eigenvalue weighted by Gasteiger charge is 2.25. The standard InChI is InChI=1S/C20H35NO6/c1-6-17(26-5)18(27-20(21)25)10-9-16(23)8-7-13(2)11-14(3)19(24)15(4)12-22/h12-15,17-18H,6-11H2,1-5H3,(H2,21,25). The number of Topliss-reactive ketones (excluding diaryl/α,β-unsaturated/α-hetero) is 2. The second-order valence-electron chi connectivity index (χ2n) is 7.34. The molecule has 0 bridgehead atoms. The Hall–Kier alpha value is -1.76. The van der Waals surface area contributed by atoms with Crippen LogP contribution in [0.1, 0.15) is 66.2 Å². The molecule has 0 aromatic carbocycles. The Bertz CT molecular complexity index is 489. The number of methoxy groups -OCH3 is 1. The molecular weight excluding hydrogens is 350 g/mol. The van der Waals surface area contributed by atoms with Gasteiger partial charge in [0.05, 0.1) is 12.0 Å². The van der Waals surface area contributed by atoms with Crippen LogP contribution in [0.4, 0.5) is 4.79 Å². The van der Waals surface area contributed by atoms with Gasteiger partial charge in [-0.05, 0) is 38.5 Å². The topological polar surface area (TPSA) is 113 Å². The molecule has 0 fully saturated rings. The van der Waals surface area contributed by atoms with Crippen LogP contribution in [-0.4, -0.2) is 43.3 Å². The smallest absolute Gasteiger partial charge is 0.404 e. The van der Waals surface area contributed by atoms with Gasteiger partial charge in [-0.25, -0.2) is 4.79 Å². The van der Waals surface area contributed by atoms with Crippen molar-refractivity contribution in [1.82, 2.24) is 0 Å². The number of hydrogen-bond donors (Lipinski definition) is 1. The predicted octanol–water partition coefficient (Wildman–Crippen LogP) is 3.07. The third-order valence-electron chi connectivity index (χ3n) is 4.91. The van der Waals surface area contributed by atoms with E-state index in [2.05, 4.69) is 0 Å². The summed E-state index contributed by atoms with van der Waals surface area (Å²) in [5.41, 5.74) is 5.10. The summed E-state index contributed by atoms with van der Waals surface area (Å²) in [6.07, 6.45) is 1.98. The van der Waals surface area contributed by atoms with Crippen molar-refractivity contribution in [3.8, 4) is 0 Å². The number of hydrogen-bond acceptors (Lipinski definition) is 6. The first kappa shape index (κ1) is 25.2. The normalized spacial score (nSPS) is 16.6. The van der Waals surface area contributed by atoms with Crippen molar-refractivity contribution in [2.75, 3.05) is 7.11 Å². The Morgan fingerprint density at radius 1 is 1.04 bits per heavy atom. The van der Waals surface area contributed by atoms with Crippen molar-refractivity contribution in [3.63, 3.8) is 0 Å². The first-order chi connectivity index (χ1) is 12.7. The second kappa shape index (κ2) is 13.4. The molecule has 1 amide bonds. The molecule has 156 valence electrons. The van der Waals surface area contributed by atoms with Crippen LogP contribution >= 0.6 is 0 Å². The average molecular weight is 386 g/mol. The lowest BCUT2D eigenvalue weighted by Gasteiger charge is -2.24. The van der Waals surface area contributed by atoms with E-state index in [-0.39, 0.29) is 35.9 Å². The molecule has 0 heterocycles. The summed E-state index contributed by atoms with van der Waals surface area (Å²) in [4.78, 5) is 45.9. The molecule has 27 heavy (non-hydrogen) atoms. The molecule has 5 atom stereocenters. The van der Waals surface area contributed by atoms with Crippen molar-refractivity contribution < 1.29 is 28.7 Å². The number of amides is 1. The van der Waals surface area contributed by atoms with Gasteiger partial charge in [-0.15, -0.1) is 0 Å². The van der Waals surface area contributed by atoms with Crippen LogP contribution < -0.4 is 5.73 Å². The molecule has 0 aromatic rings. The van der Waals surface area contributed by atoms with Gasteiger partial charge in [0.2, 0.25) is 0 Å². The number of carbonyl (C=O) groups is 4. The summed E-state index contributed by atoms with van der Waals surface area (Å²) in [5.74, 6) is -0.559. The summed E-state index contributed by atoms with van der Waals surface area (Å²) >= 11 is 0. The summed E-state index contributed by atoms with van der Waals surface area (Å²) in [5, 5.41) is 0. The monoisotopic (exact) mass is 385 g/mol. The number of carbonyl (C=O) groups excluding carboxylic acids is 4. The minimum absolute atomic E-state index is 0.0557. The van der Waals surface area contributed by atoms with Crippen LogP contribution in [-0.2, 0) is 23.9 Å². The Morgan fingerprint density at radius 3 is 2.11 bits per heavy atom. The summed E-state index contributed by atoms with van der Waals surface area (Å²) in [7, 11) is 1.53. The quantitative estimate of drug-likeness (QED) is 0.342. The molecule has 0 rings (SSSR count). The third-order valence-corrected chi connectivity index (χ3v) is 4.91. The lowest BCUT2D eigenvalue weighted by molar-refractivity contribution is -0.129. The van der Waals surface area contributed by atoms with Crippen molar-refractivity contribution in [1.29, 1.82) is 0 Å². The molecule has 2 N–H and O–H groups in total. The van der Waals surface area contributed by atoms with Gasteiger partial charge in [0.25, 0.3) is 0 Å². The van der Waals surface area contributed by atoms with E-state index in [9.17, 15) is 19.2 Å². The van der Waals surface area contributed by atoms with Crippen molar-refractivity contribution in [2.45, 2.75) is 78.4 Å². The Balaban J connectivity index is 4.38. The third kappa shape index (κ3) is 10.2. The molecule has 0 aliphatic carbocycles. The first-order valence-electron chi connectivity index (χ1n) is 9.65. The van der Waals surface area contributed by atoms with Crippen LogP contribution in [0.3, 0.4) is 0 Å². The van der Waals surface area contributed by atoms with Gasteiger partial charge in [0.15, 0.2) is 0 Å². The van der Waals surface area contributed by atoms with E-state index in [1.165, 1.54) is 7.11 Å². The fourth-order valence-corrected chi connectivity index (χ4v) is 3.24. The van der Waals surface area contributed by atoms with E-state index in [1.807, 2.05) is 20.8 Å². The zero-order valence-corrected chi connectivity index (χ0v) is 17.2. The van der Waals surface area contributed by atoms with Gasteiger partial charge in [0, 0.05) is 25.9 Å². The summed E-state index contributed by atoms with van der Waals surface area (Å²) < 4.78 is 10.4. The van der Waals surface area contributed by atoms with Gasteiger partial charge >= 0.3 is 6.09 Å². The largest absolute Gasteiger partial charge is 0.444 e. The van der Waals surface area contributed by atoms with Gasteiger partial charge in [-0.3, -0.25) is 9.59 Å². The molecule has 0 radical (unpaired) electrons. The van der Waals surface area contributed by atoms with Crippen LogP contribution in [0.25, 0.3) is 0 Å². The predicted molar refractivity (Wildman–Crippen MR) is 102 cm³/mol. The van der Waals surface area contributed by atoms with E-state index in [4.69, 9.17) is 15.2 Å². The number of aldehydes is 1. The number of ether oxygens (including phenoxy) is 2. The molecule has 0 aromatic heterocycles. The number of nitrogens with two attached hydrogens (primary N) is 1. The Morgan fingerprint density at radius 2 is 1.63 bits per heavy atom. The van der Waals surface area contributed by atoms with Gasteiger partial charge in [-0.1, -0.05) is 20.8 Å². The fraction of sp³-hybridized carbons (Fsp3) is 0.800. The molecule has 0 aliphatic heterocycles. The molecule has 0 saturated heterocycles.